The third-order valence-corrected chi connectivity index (χ3v) is 5.04. The molecule has 3 rings (SSSR count). The Labute approximate surface area is 155 Å². The number of rotatable bonds is 6. The van der Waals surface area contributed by atoms with Crippen molar-refractivity contribution >= 4 is 23.6 Å². The first-order valence-corrected chi connectivity index (χ1v) is 9.38. The molecule has 0 spiro atoms. The summed E-state index contributed by atoms with van der Waals surface area (Å²) >= 11 is 1.33. The van der Waals surface area contributed by atoms with Gasteiger partial charge in [0.15, 0.2) is 0 Å². The lowest BCUT2D eigenvalue weighted by Gasteiger charge is -2.31. The molecule has 0 aromatic heterocycles. The highest BCUT2D eigenvalue weighted by Gasteiger charge is 2.27. The Morgan fingerprint density at radius 1 is 1.15 bits per heavy atom. The summed E-state index contributed by atoms with van der Waals surface area (Å²) in [6.07, 6.45) is 0.373. The van der Waals surface area contributed by atoms with Gasteiger partial charge in [-0.25, -0.2) is 4.39 Å². The largest absolute Gasteiger partial charge is 0.351 e. The maximum Gasteiger partial charge on any atom is 0.230 e. The quantitative estimate of drug-likeness (QED) is 0.727. The molecule has 136 valence electrons. The summed E-state index contributed by atoms with van der Waals surface area (Å²) in [7, 11) is 0. The number of nitrogens with one attached hydrogen (secondary N) is 3. The normalized spacial score (nSPS) is 19.7. The maximum atomic E-state index is 12.9. The second-order valence-corrected chi connectivity index (χ2v) is 7.09. The van der Waals surface area contributed by atoms with E-state index in [1.54, 1.807) is 12.1 Å². The monoisotopic (exact) mass is 373 g/mol. The third-order valence-electron chi connectivity index (χ3n) is 4.02. The Hall–Kier alpha value is -2.38. The lowest BCUT2D eigenvalue weighted by molar-refractivity contribution is -0.123. The van der Waals surface area contributed by atoms with Crippen molar-refractivity contribution in [2.75, 3.05) is 5.75 Å². The van der Waals surface area contributed by atoms with Crippen LogP contribution < -0.4 is 16.0 Å². The van der Waals surface area contributed by atoms with Crippen LogP contribution in [-0.2, 0) is 16.1 Å². The minimum atomic E-state index is -0.321. The highest BCUT2D eigenvalue weighted by Crippen LogP contribution is 2.23. The molecule has 26 heavy (non-hydrogen) atoms. The molecule has 1 heterocycles. The van der Waals surface area contributed by atoms with E-state index >= 15 is 0 Å². The molecule has 2 aromatic rings. The molecule has 0 radical (unpaired) electrons. The fourth-order valence-electron chi connectivity index (χ4n) is 2.68. The van der Waals surface area contributed by atoms with Gasteiger partial charge in [0, 0.05) is 19.0 Å². The Morgan fingerprint density at radius 2 is 1.88 bits per heavy atom. The first-order valence-electron chi connectivity index (χ1n) is 8.33. The van der Waals surface area contributed by atoms with Crippen LogP contribution in [0.4, 0.5) is 4.39 Å². The number of hydrogen-bond acceptors (Lipinski definition) is 4. The van der Waals surface area contributed by atoms with Crippen molar-refractivity contribution in [2.24, 2.45) is 0 Å². The molecule has 3 N–H and O–H groups in total. The van der Waals surface area contributed by atoms with Crippen LogP contribution in [-0.4, -0.2) is 23.1 Å². The van der Waals surface area contributed by atoms with E-state index in [0.29, 0.717) is 13.0 Å². The molecule has 7 heteroatoms. The van der Waals surface area contributed by atoms with Crippen LogP contribution in [0.3, 0.4) is 0 Å². The van der Waals surface area contributed by atoms with Crippen LogP contribution in [0.25, 0.3) is 0 Å². The summed E-state index contributed by atoms with van der Waals surface area (Å²) < 4.78 is 12.9. The van der Waals surface area contributed by atoms with Crippen molar-refractivity contribution in [2.45, 2.75) is 24.5 Å². The van der Waals surface area contributed by atoms with Crippen molar-refractivity contribution in [3.8, 4) is 0 Å². The number of hydrogen-bond donors (Lipinski definition) is 3. The van der Waals surface area contributed by atoms with Crippen LogP contribution in [0.15, 0.2) is 54.6 Å². The summed E-state index contributed by atoms with van der Waals surface area (Å²) in [4.78, 5) is 24.0. The van der Waals surface area contributed by atoms with Gasteiger partial charge in [0.2, 0.25) is 11.8 Å². The average Bonchev–Trinajstić information content (AvgIpc) is 2.66. The van der Waals surface area contributed by atoms with Crippen molar-refractivity contribution in [3.63, 3.8) is 0 Å². The summed E-state index contributed by atoms with van der Waals surface area (Å²) in [6, 6.07) is 15.7. The molecule has 2 unspecified atom stereocenters. The molecule has 1 saturated heterocycles. The molecule has 2 atom stereocenters. The van der Waals surface area contributed by atoms with Gasteiger partial charge in [0.05, 0.1) is 5.75 Å². The molecule has 0 bridgehead atoms. The number of amides is 2. The summed E-state index contributed by atoms with van der Waals surface area (Å²) in [5, 5.41) is 8.98. The first-order chi connectivity index (χ1) is 12.6. The van der Waals surface area contributed by atoms with Crippen molar-refractivity contribution < 1.29 is 14.0 Å². The number of carbonyl (C=O) groups excluding carboxylic acids is 2. The molecule has 0 aliphatic carbocycles. The molecular weight excluding hydrogens is 353 g/mol. The van der Waals surface area contributed by atoms with Gasteiger partial charge in [0.1, 0.15) is 11.3 Å². The first kappa shape index (κ1) is 18.4. The Morgan fingerprint density at radius 3 is 2.62 bits per heavy atom. The zero-order valence-electron chi connectivity index (χ0n) is 14.1. The maximum absolute atomic E-state index is 12.9. The van der Waals surface area contributed by atoms with Gasteiger partial charge in [-0.15, -0.1) is 11.8 Å². The van der Waals surface area contributed by atoms with Crippen molar-refractivity contribution in [1.29, 1.82) is 0 Å². The van der Waals surface area contributed by atoms with E-state index in [0.717, 1.165) is 11.1 Å². The van der Waals surface area contributed by atoms with E-state index in [1.807, 2.05) is 30.3 Å². The van der Waals surface area contributed by atoms with Crippen LogP contribution in [0.5, 0.6) is 0 Å². The zero-order valence-corrected chi connectivity index (χ0v) is 14.9. The van der Waals surface area contributed by atoms with E-state index in [1.165, 1.54) is 23.9 Å². The second-order valence-electron chi connectivity index (χ2n) is 6.00. The van der Waals surface area contributed by atoms with Gasteiger partial charge in [0.25, 0.3) is 0 Å². The second kappa shape index (κ2) is 8.82. The van der Waals surface area contributed by atoms with Crippen LogP contribution in [0, 0.1) is 5.82 Å². The zero-order chi connectivity index (χ0) is 18.4. The van der Waals surface area contributed by atoms with Crippen LogP contribution in [0.1, 0.15) is 23.6 Å². The predicted octanol–water partition coefficient (Wildman–Crippen LogP) is 2.31. The molecule has 5 nitrogen and oxygen atoms in total. The van der Waals surface area contributed by atoms with Gasteiger partial charge in [-0.05, 0) is 23.3 Å². The molecule has 1 aliphatic heterocycles. The number of benzene rings is 2. The molecule has 2 amide bonds. The van der Waals surface area contributed by atoms with Gasteiger partial charge < -0.3 is 10.6 Å². The Kier molecular flexibility index (Phi) is 6.25. The van der Waals surface area contributed by atoms with Gasteiger partial charge in [-0.3, -0.25) is 14.9 Å². The highest BCUT2D eigenvalue weighted by atomic mass is 32.2. The number of halogens is 1. The molecular formula is C19H20FN3O2S. The smallest absolute Gasteiger partial charge is 0.230 e. The van der Waals surface area contributed by atoms with E-state index in [2.05, 4.69) is 16.0 Å². The summed E-state index contributed by atoms with van der Waals surface area (Å²) in [6.45, 7) is 0.344. The number of carbonyl (C=O) groups is 2. The summed E-state index contributed by atoms with van der Waals surface area (Å²) in [5.74, 6) is -0.276. The molecule has 1 aliphatic rings. The minimum absolute atomic E-state index is 0.0400. The molecule has 0 saturated carbocycles. The highest BCUT2D eigenvalue weighted by molar-refractivity contribution is 8.00. The molecule has 2 aromatic carbocycles. The van der Waals surface area contributed by atoms with E-state index < -0.39 is 0 Å². The predicted molar refractivity (Wildman–Crippen MR) is 99.6 cm³/mol. The lowest BCUT2D eigenvalue weighted by atomic mass is 10.0. The third kappa shape index (κ3) is 5.31. The standard InChI is InChI=1S/C19H20FN3O2S/c20-15-8-6-13(7-9-15)11-21-18(25)12-26-19-22-16(10-17(24)23-19)14-4-2-1-3-5-14/h1-9,16,19,22H,10-12H2,(H,21,25)(H,23,24). The van der Waals surface area contributed by atoms with E-state index in [9.17, 15) is 14.0 Å². The van der Waals surface area contributed by atoms with E-state index in [4.69, 9.17) is 0 Å². The summed E-state index contributed by atoms with van der Waals surface area (Å²) in [5.41, 5.74) is 1.56. The van der Waals surface area contributed by atoms with Crippen molar-refractivity contribution in [1.82, 2.24) is 16.0 Å². The fraction of sp³-hybridized carbons (Fsp3) is 0.263. The minimum Gasteiger partial charge on any atom is -0.351 e. The Balaban J connectivity index is 1.46. The van der Waals surface area contributed by atoms with E-state index in [-0.39, 0.29) is 34.9 Å². The lowest BCUT2D eigenvalue weighted by Crippen LogP contribution is -2.51. The SMILES string of the molecule is O=C(CSC1NC(=O)CC(c2ccccc2)N1)NCc1ccc(F)cc1. The van der Waals surface area contributed by atoms with Crippen LogP contribution in [0.2, 0.25) is 0 Å². The number of thioether (sulfide) groups is 1. The van der Waals surface area contributed by atoms with Gasteiger partial charge >= 0.3 is 0 Å². The molecule has 1 fully saturated rings. The fourth-order valence-corrected chi connectivity index (χ4v) is 3.57. The average molecular weight is 373 g/mol. The van der Waals surface area contributed by atoms with Crippen LogP contribution >= 0.6 is 11.8 Å². The van der Waals surface area contributed by atoms with Crippen molar-refractivity contribution in [3.05, 3.63) is 71.5 Å². The van der Waals surface area contributed by atoms with Gasteiger partial charge in [-0.2, -0.15) is 0 Å². The van der Waals surface area contributed by atoms with Gasteiger partial charge in [-0.1, -0.05) is 42.5 Å². The Bertz CT molecular complexity index is 755. The topological polar surface area (TPSA) is 70.2 Å².